The van der Waals surface area contributed by atoms with Crippen molar-refractivity contribution in [3.05, 3.63) is 11.6 Å². The standard InChI is InChI=1S/C4H8N2O6P2S.2Na.2H/c7-13(8,9)4(14(10,11)12)6-3-5-1-2-15-3;;;;/h1-2,4H,(H,5,6)(H2,7,8,9)(H2,10,11,12);;;;/q;2*+1;2*-1. The van der Waals surface area contributed by atoms with Crippen LogP contribution in [0.25, 0.3) is 0 Å². The quantitative estimate of drug-likeness (QED) is 0.273. The number of aromatic nitrogens is 1. The third-order valence-corrected chi connectivity index (χ3v) is 5.36. The Balaban J connectivity index is -0.000000281. The zero-order chi connectivity index (χ0) is 11.7. The van der Waals surface area contributed by atoms with E-state index in [0.29, 0.717) is 0 Å². The fourth-order valence-corrected chi connectivity index (χ4v) is 3.65. The minimum atomic E-state index is -4.95. The Hall–Kier alpha value is 1.73. The van der Waals surface area contributed by atoms with Gasteiger partial charge in [-0.3, -0.25) is 9.13 Å². The zero-order valence-electron chi connectivity index (χ0n) is 11.1. The van der Waals surface area contributed by atoms with Gasteiger partial charge in [0.25, 0.3) is 0 Å². The first-order valence-corrected chi connectivity index (χ1v) is 7.72. The molecule has 0 aliphatic carbocycles. The summed E-state index contributed by atoms with van der Waals surface area (Å²) >= 11 is 0.975. The van der Waals surface area contributed by atoms with Crippen molar-refractivity contribution in [3.63, 3.8) is 0 Å². The summed E-state index contributed by atoms with van der Waals surface area (Å²) in [6, 6.07) is 0. The predicted molar refractivity (Wildman–Crippen MR) is 55.8 cm³/mol. The van der Waals surface area contributed by atoms with Gasteiger partial charge in [0.05, 0.1) is 0 Å². The van der Waals surface area contributed by atoms with E-state index >= 15 is 0 Å². The Morgan fingerprint density at radius 1 is 1.24 bits per heavy atom. The van der Waals surface area contributed by atoms with Gasteiger partial charge in [0.15, 0.2) is 5.13 Å². The second kappa shape index (κ2) is 8.11. The number of hydrogen-bond acceptors (Lipinski definition) is 5. The average Bonchev–Trinajstić information content (AvgIpc) is 2.46. The Bertz CT molecular complexity index is 405. The molecule has 0 bridgehead atoms. The second-order valence-electron chi connectivity index (χ2n) is 2.53. The van der Waals surface area contributed by atoms with Gasteiger partial charge < -0.3 is 27.7 Å². The van der Waals surface area contributed by atoms with E-state index in [9.17, 15) is 9.13 Å². The third kappa shape index (κ3) is 7.17. The Kier molecular flexibility index (Phi) is 10.0. The number of anilines is 1. The van der Waals surface area contributed by atoms with Gasteiger partial charge in [0.2, 0.25) is 5.52 Å². The summed E-state index contributed by atoms with van der Waals surface area (Å²) in [6.45, 7) is 0. The molecule has 1 aromatic rings. The number of nitrogens with zero attached hydrogens (tertiary/aromatic N) is 1. The molecule has 0 aromatic carbocycles. The minimum absolute atomic E-state index is 0. The van der Waals surface area contributed by atoms with Crippen molar-refractivity contribution in [2.45, 2.75) is 5.52 Å². The Morgan fingerprint density at radius 2 is 1.71 bits per heavy atom. The van der Waals surface area contributed by atoms with Crippen molar-refractivity contribution in [2.24, 2.45) is 0 Å². The monoisotopic (exact) mass is 322 g/mol. The summed E-state index contributed by atoms with van der Waals surface area (Å²) in [5.41, 5.74) is -2.25. The van der Waals surface area contributed by atoms with Crippen LogP contribution in [0.1, 0.15) is 2.85 Å². The maximum Gasteiger partial charge on any atom is 1.00 e. The molecule has 5 N–H and O–H groups in total. The minimum Gasteiger partial charge on any atom is -1.00 e. The summed E-state index contributed by atoms with van der Waals surface area (Å²) in [4.78, 5) is 38.6. The molecule has 0 radical (unpaired) electrons. The molecule has 0 atom stereocenters. The molecule has 0 amide bonds. The SMILES string of the molecule is O=P(O)(O)C(Nc1nccs1)P(=O)(O)O.[H-].[H-].[Na+].[Na+]. The molecule has 1 heterocycles. The fourth-order valence-electron chi connectivity index (χ4n) is 0.769. The fraction of sp³-hybridized carbons (Fsp3) is 0.250. The number of rotatable bonds is 4. The van der Waals surface area contributed by atoms with Gasteiger partial charge in [0, 0.05) is 11.6 Å². The normalized spacial score (nSPS) is 11.6. The topological polar surface area (TPSA) is 140 Å². The van der Waals surface area contributed by atoms with E-state index in [2.05, 4.69) is 4.98 Å². The van der Waals surface area contributed by atoms with Crippen molar-refractivity contribution < 1.29 is 90.7 Å². The molecular formula is C4H10N2Na2O6P2S. The van der Waals surface area contributed by atoms with Gasteiger partial charge in [-0.2, -0.15) is 0 Å². The van der Waals surface area contributed by atoms with Gasteiger partial charge in [-0.1, -0.05) is 0 Å². The van der Waals surface area contributed by atoms with Crippen LogP contribution in [0.5, 0.6) is 0 Å². The Labute approximate surface area is 148 Å². The summed E-state index contributed by atoms with van der Waals surface area (Å²) in [5, 5.41) is 3.55. The van der Waals surface area contributed by atoms with Crippen LogP contribution in [-0.2, 0) is 9.13 Å². The van der Waals surface area contributed by atoms with E-state index in [1.54, 1.807) is 0 Å². The van der Waals surface area contributed by atoms with Crippen LogP contribution >= 0.6 is 26.5 Å². The third-order valence-electron chi connectivity index (χ3n) is 1.32. The smallest absolute Gasteiger partial charge is 1.00 e. The first-order valence-electron chi connectivity index (χ1n) is 3.48. The summed E-state index contributed by atoms with van der Waals surface area (Å²) in [7, 11) is -9.89. The Morgan fingerprint density at radius 3 is 2.00 bits per heavy atom. The molecule has 0 fully saturated rings. The van der Waals surface area contributed by atoms with E-state index in [-0.39, 0.29) is 67.1 Å². The molecule has 0 aliphatic rings. The first kappa shape index (κ1) is 21.0. The second-order valence-corrected chi connectivity index (χ2v) is 7.22. The van der Waals surface area contributed by atoms with E-state index in [4.69, 9.17) is 19.6 Å². The van der Waals surface area contributed by atoms with E-state index in [1.807, 2.05) is 5.32 Å². The molecule has 0 saturated heterocycles. The molecule has 0 unspecified atom stereocenters. The van der Waals surface area contributed by atoms with E-state index in [1.165, 1.54) is 11.6 Å². The van der Waals surface area contributed by atoms with Crippen molar-refractivity contribution in [1.29, 1.82) is 0 Å². The molecule has 0 saturated carbocycles. The summed E-state index contributed by atoms with van der Waals surface area (Å²) in [6.07, 6.45) is 1.34. The molecule has 0 aliphatic heterocycles. The average molecular weight is 322 g/mol. The molecule has 0 spiro atoms. The number of hydrogen-bond donors (Lipinski definition) is 5. The maximum atomic E-state index is 10.8. The summed E-state index contributed by atoms with van der Waals surface area (Å²) in [5.74, 6) is 0. The molecule has 17 heavy (non-hydrogen) atoms. The van der Waals surface area contributed by atoms with E-state index in [0.717, 1.165) is 11.3 Å². The number of nitrogens with one attached hydrogen (secondary N) is 1. The van der Waals surface area contributed by atoms with Gasteiger partial charge in [-0.25, -0.2) is 4.98 Å². The summed E-state index contributed by atoms with van der Waals surface area (Å²) < 4.78 is 21.6. The van der Waals surface area contributed by atoms with Gasteiger partial charge in [-0.05, 0) is 0 Å². The van der Waals surface area contributed by atoms with Crippen LogP contribution in [0.4, 0.5) is 5.13 Å². The van der Waals surface area contributed by atoms with Crippen LogP contribution in [-0.4, -0.2) is 30.1 Å². The van der Waals surface area contributed by atoms with E-state index < -0.39 is 20.7 Å². The molecule has 90 valence electrons. The van der Waals surface area contributed by atoms with Crippen molar-refractivity contribution in [3.8, 4) is 0 Å². The van der Waals surface area contributed by atoms with Gasteiger partial charge in [0.1, 0.15) is 0 Å². The zero-order valence-corrected chi connectivity index (χ0v) is 15.7. The molecule has 1 rings (SSSR count). The number of thiazole rings is 1. The molecule has 1 aromatic heterocycles. The van der Waals surface area contributed by atoms with Crippen molar-refractivity contribution in [2.75, 3.05) is 5.32 Å². The van der Waals surface area contributed by atoms with Crippen molar-refractivity contribution in [1.82, 2.24) is 4.98 Å². The molecule has 13 heteroatoms. The van der Waals surface area contributed by atoms with Gasteiger partial charge >= 0.3 is 74.3 Å². The van der Waals surface area contributed by atoms with Crippen LogP contribution < -0.4 is 64.4 Å². The molecular weight excluding hydrogens is 312 g/mol. The predicted octanol–water partition coefficient (Wildman–Crippen LogP) is -5.57. The van der Waals surface area contributed by atoms with Crippen LogP contribution in [0.3, 0.4) is 0 Å². The molecule has 8 nitrogen and oxygen atoms in total. The maximum absolute atomic E-state index is 10.8. The first-order chi connectivity index (χ1) is 6.71. The van der Waals surface area contributed by atoms with Crippen LogP contribution in [0.2, 0.25) is 0 Å². The largest absolute Gasteiger partial charge is 1.00 e. The van der Waals surface area contributed by atoms with Gasteiger partial charge in [-0.15, -0.1) is 11.3 Å². The van der Waals surface area contributed by atoms with Crippen LogP contribution in [0, 0.1) is 0 Å². The van der Waals surface area contributed by atoms with Crippen LogP contribution in [0.15, 0.2) is 11.6 Å². The van der Waals surface area contributed by atoms with Crippen molar-refractivity contribution >= 4 is 31.7 Å².